The first kappa shape index (κ1) is 17.2. The van der Waals surface area contributed by atoms with E-state index in [0.717, 1.165) is 44.2 Å². The number of aromatic nitrogens is 1. The van der Waals surface area contributed by atoms with E-state index < -0.39 is 0 Å². The average Bonchev–Trinajstić information content (AvgIpc) is 2.62. The van der Waals surface area contributed by atoms with Crippen LogP contribution in [0.3, 0.4) is 0 Å². The van der Waals surface area contributed by atoms with Gasteiger partial charge in [-0.25, -0.2) is 4.98 Å². The Morgan fingerprint density at radius 1 is 1.17 bits per heavy atom. The number of piperidine rings is 2. The van der Waals surface area contributed by atoms with Crippen molar-refractivity contribution in [3.63, 3.8) is 0 Å². The second-order valence-corrected chi connectivity index (χ2v) is 7.59. The molecule has 2 N–H and O–H groups in total. The van der Waals surface area contributed by atoms with Crippen LogP contribution >= 0.6 is 0 Å². The Morgan fingerprint density at radius 2 is 1.88 bits per heavy atom. The van der Waals surface area contributed by atoms with E-state index in [1.54, 1.807) is 6.20 Å². The molecule has 5 heteroatoms. The van der Waals surface area contributed by atoms with Crippen LogP contribution in [0.2, 0.25) is 0 Å². The third-order valence-corrected chi connectivity index (χ3v) is 5.61. The Bertz CT molecular complexity index is 551. The summed E-state index contributed by atoms with van der Waals surface area (Å²) in [6, 6.07) is 4.08. The number of likely N-dealkylation sites (tertiary alicyclic amines) is 1. The molecule has 2 unspecified atom stereocenters. The minimum atomic E-state index is 0.0728. The standard InChI is InChI=1S/C19H30N4O/c1-14-5-8-22(9-6-14)18-4-3-16(13-21-18)19(24)23-10-7-15(2)11-17(23)12-20/h3-4,13-15,17H,5-12,20H2,1-2H3. The lowest BCUT2D eigenvalue weighted by atomic mass is 9.92. The van der Waals surface area contributed by atoms with Crippen molar-refractivity contribution < 1.29 is 4.79 Å². The fourth-order valence-electron chi connectivity index (χ4n) is 3.85. The van der Waals surface area contributed by atoms with E-state index in [0.29, 0.717) is 18.0 Å². The van der Waals surface area contributed by atoms with Gasteiger partial charge < -0.3 is 15.5 Å². The van der Waals surface area contributed by atoms with Crippen LogP contribution in [0, 0.1) is 11.8 Å². The number of carbonyl (C=O) groups excluding carboxylic acids is 1. The number of hydrogen-bond donors (Lipinski definition) is 1. The molecule has 2 saturated heterocycles. The summed E-state index contributed by atoms with van der Waals surface area (Å²) in [4.78, 5) is 21.6. The van der Waals surface area contributed by atoms with Gasteiger partial charge >= 0.3 is 0 Å². The third-order valence-electron chi connectivity index (χ3n) is 5.61. The summed E-state index contributed by atoms with van der Waals surface area (Å²) < 4.78 is 0. The van der Waals surface area contributed by atoms with Crippen molar-refractivity contribution in [1.29, 1.82) is 0 Å². The number of carbonyl (C=O) groups is 1. The van der Waals surface area contributed by atoms with Gasteiger partial charge in [-0.15, -0.1) is 0 Å². The van der Waals surface area contributed by atoms with Gasteiger partial charge in [0.25, 0.3) is 5.91 Å². The van der Waals surface area contributed by atoms with Crippen LogP contribution in [-0.2, 0) is 0 Å². The van der Waals surface area contributed by atoms with Gasteiger partial charge in [-0.1, -0.05) is 13.8 Å². The number of nitrogens with two attached hydrogens (primary N) is 1. The van der Waals surface area contributed by atoms with E-state index in [2.05, 4.69) is 23.7 Å². The topological polar surface area (TPSA) is 62.5 Å². The highest BCUT2D eigenvalue weighted by atomic mass is 16.2. The first-order valence-electron chi connectivity index (χ1n) is 9.30. The summed E-state index contributed by atoms with van der Waals surface area (Å²) in [6.07, 6.45) is 6.22. The Balaban J connectivity index is 1.67. The molecule has 2 aliphatic rings. The van der Waals surface area contributed by atoms with E-state index in [9.17, 15) is 4.79 Å². The van der Waals surface area contributed by atoms with E-state index in [-0.39, 0.29) is 11.9 Å². The Morgan fingerprint density at radius 3 is 2.50 bits per heavy atom. The molecule has 5 nitrogen and oxygen atoms in total. The second kappa shape index (κ2) is 7.51. The molecule has 0 bridgehead atoms. The van der Waals surface area contributed by atoms with Crippen LogP contribution < -0.4 is 10.6 Å². The number of nitrogens with zero attached hydrogens (tertiary/aromatic N) is 3. The zero-order chi connectivity index (χ0) is 17.1. The Hall–Kier alpha value is -1.62. The number of anilines is 1. The molecule has 2 atom stereocenters. The van der Waals surface area contributed by atoms with Crippen molar-refractivity contribution in [2.75, 3.05) is 31.1 Å². The SMILES string of the molecule is CC1CCN(c2ccc(C(=O)N3CCC(C)CC3CN)cn2)CC1. The normalized spacial score (nSPS) is 25.8. The molecule has 3 heterocycles. The number of amides is 1. The van der Waals surface area contributed by atoms with Gasteiger partial charge in [-0.2, -0.15) is 0 Å². The monoisotopic (exact) mass is 330 g/mol. The van der Waals surface area contributed by atoms with Crippen molar-refractivity contribution in [1.82, 2.24) is 9.88 Å². The van der Waals surface area contributed by atoms with Crippen molar-refractivity contribution >= 4 is 11.7 Å². The zero-order valence-electron chi connectivity index (χ0n) is 14.9. The minimum Gasteiger partial charge on any atom is -0.357 e. The van der Waals surface area contributed by atoms with Gasteiger partial charge in [0.2, 0.25) is 0 Å². The van der Waals surface area contributed by atoms with Gasteiger partial charge in [-0.05, 0) is 49.7 Å². The van der Waals surface area contributed by atoms with Gasteiger partial charge in [0, 0.05) is 38.4 Å². The molecule has 0 aliphatic carbocycles. The van der Waals surface area contributed by atoms with Gasteiger partial charge in [0.1, 0.15) is 5.82 Å². The predicted molar refractivity (Wildman–Crippen MR) is 97.1 cm³/mol. The molecule has 3 rings (SSSR count). The molecule has 1 aromatic rings. The van der Waals surface area contributed by atoms with E-state index in [1.165, 1.54) is 12.8 Å². The second-order valence-electron chi connectivity index (χ2n) is 7.59. The first-order chi connectivity index (χ1) is 11.6. The Labute approximate surface area is 145 Å². The molecule has 24 heavy (non-hydrogen) atoms. The maximum absolute atomic E-state index is 12.8. The molecule has 132 valence electrons. The first-order valence-corrected chi connectivity index (χ1v) is 9.30. The molecule has 2 fully saturated rings. The van der Waals surface area contributed by atoms with Crippen LogP contribution in [0.4, 0.5) is 5.82 Å². The van der Waals surface area contributed by atoms with Gasteiger partial charge in [0.15, 0.2) is 0 Å². The van der Waals surface area contributed by atoms with Gasteiger partial charge in [-0.3, -0.25) is 4.79 Å². The number of hydrogen-bond acceptors (Lipinski definition) is 4. The number of pyridine rings is 1. The average molecular weight is 330 g/mol. The van der Waals surface area contributed by atoms with E-state index in [1.807, 2.05) is 17.0 Å². The summed E-state index contributed by atoms with van der Waals surface area (Å²) in [5.74, 6) is 2.51. The lowest BCUT2D eigenvalue weighted by molar-refractivity contribution is 0.0573. The number of rotatable bonds is 3. The molecule has 0 saturated carbocycles. The third kappa shape index (κ3) is 3.72. The van der Waals surface area contributed by atoms with Crippen molar-refractivity contribution in [3.8, 4) is 0 Å². The molecule has 0 radical (unpaired) electrons. The molecular formula is C19H30N4O. The highest BCUT2D eigenvalue weighted by Gasteiger charge is 2.29. The summed E-state index contributed by atoms with van der Waals surface area (Å²) >= 11 is 0. The minimum absolute atomic E-state index is 0.0728. The summed E-state index contributed by atoms with van der Waals surface area (Å²) in [7, 11) is 0. The zero-order valence-corrected chi connectivity index (χ0v) is 14.9. The lowest BCUT2D eigenvalue weighted by Crippen LogP contribution is -2.49. The molecule has 2 aliphatic heterocycles. The van der Waals surface area contributed by atoms with Crippen LogP contribution in [0.1, 0.15) is 49.9 Å². The summed E-state index contributed by atoms with van der Waals surface area (Å²) in [5.41, 5.74) is 6.57. The van der Waals surface area contributed by atoms with Crippen molar-refractivity contribution in [2.24, 2.45) is 17.6 Å². The highest BCUT2D eigenvalue weighted by molar-refractivity contribution is 5.94. The van der Waals surface area contributed by atoms with Crippen LogP contribution in [-0.4, -0.2) is 48.0 Å². The predicted octanol–water partition coefficient (Wildman–Crippen LogP) is 2.52. The molecular weight excluding hydrogens is 300 g/mol. The largest absolute Gasteiger partial charge is 0.357 e. The maximum atomic E-state index is 12.8. The molecule has 0 aromatic carbocycles. The van der Waals surface area contributed by atoms with E-state index in [4.69, 9.17) is 5.73 Å². The Kier molecular flexibility index (Phi) is 5.39. The fraction of sp³-hybridized carbons (Fsp3) is 0.684. The van der Waals surface area contributed by atoms with Gasteiger partial charge in [0.05, 0.1) is 5.56 Å². The fourth-order valence-corrected chi connectivity index (χ4v) is 3.85. The van der Waals surface area contributed by atoms with Crippen molar-refractivity contribution in [2.45, 2.75) is 45.6 Å². The van der Waals surface area contributed by atoms with E-state index >= 15 is 0 Å². The van der Waals surface area contributed by atoms with Crippen molar-refractivity contribution in [3.05, 3.63) is 23.9 Å². The lowest BCUT2D eigenvalue weighted by Gasteiger charge is -2.38. The smallest absolute Gasteiger partial charge is 0.255 e. The van der Waals surface area contributed by atoms with Crippen LogP contribution in [0.25, 0.3) is 0 Å². The molecule has 0 spiro atoms. The summed E-state index contributed by atoms with van der Waals surface area (Å²) in [6.45, 7) is 7.99. The van der Waals surface area contributed by atoms with Crippen LogP contribution in [0.15, 0.2) is 18.3 Å². The van der Waals surface area contributed by atoms with Crippen LogP contribution in [0.5, 0.6) is 0 Å². The molecule has 1 amide bonds. The quantitative estimate of drug-likeness (QED) is 0.925. The summed E-state index contributed by atoms with van der Waals surface area (Å²) in [5, 5.41) is 0. The molecule has 1 aromatic heterocycles. The highest BCUT2D eigenvalue weighted by Crippen LogP contribution is 2.25. The maximum Gasteiger partial charge on any atom is 0.255 e.